The van der Waals surface area contributed by atoms with Gasteiger partial charge in [0.2, 0.25) is 5.91 Å². The van der Waals surface area contributed by atoms with Crippen LogP contribution in [0.1, 0.15) is 35.3 Å². The molecule has 3 aromatic rings. The number of nitrogens with zero attached hydrogens (tertiary/aromatic N) is 3. The Balaban J connectivity index is 1.95. The van der Waals surface area contributed by atoms with Crippen LogP contribution in [-0.2, 0) is 4.79 Å². The predicted octanol–water partition coefficient (Wildman–Crippen LogP) is 2.82. The lowest BCUT2D eigenvalue weighted by Crippen LogP contribution is -2.32. The summed E-state index contributed by atoms with van der Waals surface area (Å²) in [6.45, 7) is 9.23. The minimum absolute atomic E-state index is 0.177. The third-order valence-electron chi connectivity index (χ3n) is 4.31. The molecule has 1 N–H and O–H groups in total. The first-order chi connectivity index (χ1) is 11.8. The van der Waals surface area contributed by atoms with Crippen molar-refractivity contribution in [3.8, 4) is 0 Å². The van der Waals surface area contributed by atoms with Crippen LogP contribution in [0.2, 0.25) is 0 Å². The fourth-order valence-corrected chi connectivity index (χ4v) is 3.00. The van der Waals surface area contributed by atoms with Gasteiger partial charge in [-0.05, 0) is 45.7 Å². The normalized spacial score (nSPS) is 12.4. The van der Waals surface area contributed by atoms with Crippen molar-refractivity contribution in [1.29, 1.82) is 0 Å². The number of fused-ring (bicyclic) bond motifs is 1. The van der Waals surface area contributed by atoms with E-state index in [0.717, 1.165) is 22.4 Å². The van der Waals surface area contributed by atoms with Crippen molar-refractivity contribution in [3.63, 3.8) is 0 Å². The summed E-state index contributed by atoms with van der Waals surface area (Å²) >= 11 is 0. The molecule has 0 bridgehead atoms. The molecule has 2 aromatic heterocycles. The predicted molar refractivity (Wildman–Crippen MR) is 94.8 cm³/mol. The molecule has 7 heteroatoms. The van der Waals surface area contributed by atoms with E-state index in [4.69, 9.17) is 4.52 Å². The highest BCUT2D eigenvalue weighted by Gasteiger charge is 2.21. The number of hydrogen-bond acceptors (Lipinski definition) is 5. The third kappa shape index (κ3) is 2.93. The molecule has 0 unspecified atom stereocenters. The summed E-state index contributed by atoms with van der Waals surface area (Å²) in [6, 6.07) is 3.29. The van der Waals surface area contributed by atoms with Gasteiger partial charge >= 0.3 is 0 Å². The third-order valence-corrected chi connectivity index (χ3v) is 4.31. The number of aryl methyl sites for hydroxylation is 4. The smallest absolute Gasteiger partial charge is 0.267 e. The summed E-state index contributed by atoms with van der Waals surface area (Å²) in [5.41, 5.74) is 4.16. The maximum Gasteiger partial charge on any atom is 0.267 e. The van der Waals surface area contributed by atoms with Gasteiger partial charge in [-0.2, -0.15) is 0 Å². The van der Waals surface area contributed by atoms with E-state index in [1.165, 1.54) is 10.9 Å². The van der Waals surface area contributed by atoms with Gasteiger partial charge in [-0.15, -0.1) is 0 Å². The minimum Gasteiger partial charge on any atom is -0.335 e. The number of hydrogen-bond donors (Lipinski definition) is 1. The molecule has 0 saturated carbocycles. The van der Waals surface area contributed by atoms with Crippen molar-refractivity contribution in [1.82, 2.24) is 14.7 Å². The van der Waals surface area contributed by atoms with E-state index in [0.29, 0.717) is 11.1 Å². The van der Waals surface area contributed by atoms with E-state index in [-0.39, 0.29) is 17.2 Å². The average molecular weight is 340 g/mol. The molecule has 0 aliphatic carbocycles. The first kappa shape index (κ1) is 16.9. The molecule has 1 atom stereocenters. The summed E-state index contributed by atoms with van der Waals surface area (Å²) in [5, 5.41) is 6.97. The number of anilines is 1. The van der Waals surface area contributed by atoms with E-state index in [1.54, 1.807) is 13.8 Å². The summed E-state index contributed by atoms with van der Waals surface area (Å²) in [6.07, 6.45) is 1.31. The molecule has 25 heavy (non-hydrogen) atoms. The zero-order chi connectivity index (χ0) is 18.3. The van der Waals surface area contributed by atoms with Crippen LogP contribution in [0.3, 0.4) is 0 Å². The second-order valence-corrected chi connectivity index (χ2v) is 6.34. The van der Waals surface area contributed by atoms with Crippen LogP contribution in [0.15, 0.2) is 27.8 Å². The van der Waals surface area contributed by atoms with Crippen LogP contribution >= 0.6 is 0 Å². The summed E-state index contributed by atoms with van der Waals surface area (Å²) in [4.78, 5) is 29.4. The summed E-state index contributed by atoms with van der Waals surface area (Å²) < 4.78 is 6.28. The number of carbonyl (C=O) groups excluding carboxylic acids is 1. The molecule has 0 radical (unpaired) electrons. The molecule has 3 rings (SSSR count). The fraction of sp³-hybridized carbons (Fsp3) is 0.333. The molecular formula is C18H20N4O3. The molecule has 1 aromatic carbocycles. The van der Waals surface area contributed by atoms with Gasteiger partial charge in [0, 0.05) is 5.69 Å². The zero-order valence-corrected chi connectivity index (χ0v) is 14.9. The van der Waals surface area contributed by atoms with Crippen molar-refractivity contribution < 1.29 is 9.32 Å². The number of aromatic nitrogens is 3. The number of nitrogens with one attached hydrogen (secondary N) is 1. The van der Waals surface area contributed by atoms with Crippen LogP contribution in [-0.4, -0.2) is 20.6 Å². The Morgan fingerprint density at radius 3 is 2.48 bits per heavy atom. The van der Waals surface area contributed by atoms with Gasteiger partial charge in [0.25, 0.3) is 11.3 Å². The monoisotopic (exact) mass is 340 g/mol. The Morgan fingerprint density at radius 1 is 1.20 bits per heavy atom. The Hall–Kier alpha value is -2.96. The number of rotatable bonds is 3. The van der Waals surface area contributed by atoms with Gasteiger partial charge in [-0.3, -0.25) is 14.2 Å². The van der Waals surface area contributed by atoms with Crippen LogP contribution in [0.5, 0.6) is 0 Å². The van der Waals surface area contributed by atoms with Gasteiger partial charge in [-0.25, -0.2) is 4.98 Å². The Morgan fingerprint density at radius 2 is 1.84 bits per heavy atom. The summed E-state index contributed by atoms with van der Waals surface area (Å²) in [5.74, 6) is -0.285. The topological polar surface area (TPSA) is 90.0 Å². The summed E-state index contributed by atoms with van der Waals surface area (Å²) in [7, 11) is 0. The Kier molecular flexibility index (Phi) is 4.16. The minimum atomic E-state index is -0.723. The lowest BCUT2D eigenvalue weighted by atomic mass is 10.0. The molecule has 0 aliphatic heterocycles. The van der Waals surface area contributed by atoms with Gasteiger partial charge in [0.05, 0.1) is 5.69 Å². The van der Waals surface area contributed by atoms with E-state index in [1.807, 2.05) is 32.9 Å². The standard InChI is InChI=1S/C18H20N4O3/c1-9-6-10(2)15(11(3)7-9)20-16(23)13(5)22-8-19-17-14(18(22)24)12(4)21-25-17/h6-8,13H,1-5H3,(H,20,23)/t13-/m0/s1. The van der Waals surface area contributed by atoms with Gasteiger partial charge < -0.3 is 9.84 Å². The highest BCUT2D eigenvalue weighted by atomic mass is 16.5. The molecule has 0 fully saturated rings. The average Bonchev–Trinajstić information content (AvgIpc) is 2.92. The van der Waals surface area contributed by atoms with Crippen molar-refractivity contribution >= 4 is 22.7 Å². The maximum absolute atomic E-state index is 12.7. The van der Waals surface area contributed by atoms with E-state index < -0.39 is 6.04 Å². The van der Waals surface area contributed by atoms with Gasteiger partial charge in [0.1, 0.15) is 17.8 Å². The number of carbonyl (C=O) groups is 1. The van der Waals surface area contributed by atoms with Crippen LogP contribution in [0.4, 0.5) is 5.69 Å². The quantitative estimate of drug-likeness (QED) is 0.792. The molecule has 130 valence electrons. The first-order valence-corrected chi connectivity index (χ1v) is 8.01. The van der Waals surface area contributed by atoms with E-state index >= 15 is 0 Å². The van der Waals surface area contributed by atoms with Crippen molar-refractivity contribution in [2.75, 3.05) is 5.32 Å². The second-order valence-electron chi connectivity index (χ2n) is 6.34. The number of benzene rings is 1. The Bertz CT molecular complexity index is 1010. The van der Waals surface area contributed by atoms with Crippen LogP contribution < -0.4 is 10.9 Å². The molecule has 0 aliphatic rings. The van der Waals surface area contributed by atoms with E-state index in [9.17, 15) is 9.59 Å². The largest absolute Gasteiger partial charge is 0.335 e. The highest BCUT2D eigenvalue weighted by Crippen LogP contribution is 2.23. The van der Waals surface area contributed by atoms with Gasteiger partial charge in [0.15, 0.2) is 0 Å². The molecule has 1 amide bonds. The van der Waals surface area contributed by atoms with Crippen molar-refractivity contribution in [2.24, 2.45) is 0 Å². The fourth-order valence-electron chi connectivity index (χ4n) is 3.00. The zero-order valence-electron chi connectivity index (χ0n) is 14.9. The second kappa shape index (κ2) is 6.16. The molecular weight excluding hydrogens is 320 g/mol. The first-order valence-electron chi connectivity index (χ1n) is 8.01. The number of amides is 1. The van der Waals surface area contributed by atoms with Crippen molar-refractivity contribution in [2.45, 2.75) is 40.7 Å². The highest BCUT2D eigenvalue weighted by molar-refractivity contribution is 5.95. The van der Waals surface area contributed by atoms with Crippen LogP contribution in [0, 0.1) is 27.7 Å². The molecule has 0 spiro atoms. The maximum atomic E-state index is 12.7. The lowest BCUT2D eigenvalue weighted by Gasteiger charge is -2.17. The van der Waals surface area contributed by atoms with Crippen molar-refractivity contribution in [3.05, 3.63) is 51.2 Å². The SMILES string of the molecule is Cc1cc(C)c(NC(=O)[C@H](C)n2cnc3onc(C)c3c2=O)c(C)c1. The lowest BCUT2D eigenvalue weighted by molar-refractivity contribution is -0.118. The molecule has 0 saturated heterocycles. The van der Waals surface area contributed by atoms with Gasteiger partial charge in [-0.1, -0.05) is 22.9 Å². The molecule has 2 heterocycles. The van der Waals surface area contributed by atoms with Crippen LogP contribution in [0.25, 0.3) is 11.1 Å². The van der Waals surface area contributed by atoms with E-state index in [2.05, 4.69) is 15.5 Å². The molecule has 7 nitrogen and oxygen atoms in total. The Labute approximate surface area is 144 Å².